The highest BCUT2D eigenvalue weighted by molar-refractivity contribution is 5.82. The van der Waals surface area contributed by atoms with Crippen LogP contribution in [0.15, 0.2) is 4.99 Å². The molecule has 1 amide bonds. The van der Waals surface area contributed by atoms with Crippen LogP contribution in [0.2, 0.25) is 0 Å². The lowest BCUT2D eigenvalue weighted by Crippen LogP contribution is -2.40. The number of amides is 1. The van der Waals surface area contributed by atoms with Crippen molar-refractivity contribution in [3.8, 4) is 0 Å². The molecule has 0 saturated carbocycles. The summed E-state index contributed by atoms with van der Waals surface area (Å²) >= 11 is 0. The van der Waals surface area contributed by atoms with Gasteiger partial charge in [0.25, 0.3) is 0 Å². The maximum Gasteiger partial charge on any atom is 0.224 e. The number of guanidine groups is 1. The number of carbonyl (C=O) groups excluding carboxylic acids is 1. The zero-order valence-electron chi connectivity index (χ0n) is 14.0. The van der Waals surface area contributed by atoms with Crippen molar-refractivity contribution in [3.05, 3.63) is 0 Å². The highest BCUT2D eigenvalue weighted by atomic mass is 16.5. The number of nitrogens with one attached hydrogen (secondary N) is 2. The molecule has 1 saturated heterocycles. The van der Waals surface area contributed by atoms with E-state index in [4.69, 9.17) is 15.2 Å². The minimum absolute atomic E-state index is 0.248. The minimum Gasteiger partial charge on any atom is -0.379 e. The molecule has 0 aromatic rings. The first kappa shape index (κ1) is 18.7. The van der Waals surface area contributed by atoms with Gasteiger partial charge in [-0.15, -0.1) is 0 Å². The van der Waals surface area contributed by atoms with Crippen LogP contribution in [0.25, 0.3) is 0 Å². The molecule has 1 heterocycles. The van der Waals surface area contributed by atoms with Crippen molar-refractivity contribution in [2.24, 2.45) is 16.1 Å². The standard InChI is InChI=1S/C15H30N4O3/c1-4-17-14(19-11-15(2,3)13(16)20)18-7-5-8-22-12-6-9-21-10-12/h12H,4-11H2,1-3H3,(H2,16,20)(H2,17,18,19). The summed E-state index contributed by atoms with van der Waals surface area (Å²) in [7, 11) is 0. The van der Waals surface area contributed by atoms with Crippen LogP contribution in [-0.2, 0) is 14.3 Å². The van der Waals surface area contributed by atoms with E-state index >= 15 is 0 Å². The Balaban J connectivity index is 2.26. The van der Waals surface area contributed by atoms with Crippen molar-refractivity contribution in [2.45, 2.75) is 39.7 Å². The van der Waals surface area contributed by atoms with Gasteiger partial charge in [0.1, 0.15) is 0 Å². The molecule has 4 N–H and O–H groups in total. The van der Waals surface area contributed by atoms with Gasteiger partial charge in [0, 0.05) is 26.3 Å². The van der Waals surface area contributed by atoms with Crippen molar-refractivity contribution >= 4 is 11.9 Å². The van der Waals surface area contributed by atoms with Gasteiger partial charge in [-0.2, -0.15) is 0 Å². The predicted octanol–water partition coefficient (Wildman–Crippen LogP) is 0.249. The van der Waals surface area contributed by atoms with Gasteiger partial charge in [-0.1, -0.05) is 0 Å². The molecule has 1 rings (SSSR count). The monoisotopic (exact) mass is 314 g/mol. The molecule has 0 bridgehead atoms. The first-order valence-corrected chi connectivity index (χ1v) is 7.97. The molecular weight excluding hydrogens is 284 g/mol. The Morgan fingerprint density at radius 2 is 2.23 bits per heavy atom. The van der Waals surface area contributed by atoms with Gasteiger partial charge in [-0.25, -0.2) is 0 Å². The van der Waals surface area contributed by atoms with E-state index in [1.165, 1.54) is 0 Å². The Kier molecular flexibility index (Phi) is 8.19. The van der Waals surface area contributed by atoms with Crippen LogP contribution in [0.5, 0.6) is 0 Å². The molecule has 1 fully saturated rings. The first-order valence-electron chi connectivity index (χ1n) is 7.97. The molecule has 22 heavy (non-hydrogen) atoms. The molecule has 0 aromatic heterocycles. The van der Waals surface area contributed by atoms with E-state index < -0.39 is 5.41 Å². The summed E-state index contributed by atoms with van der Waals surface area (Å²) in [6, 6.07) is 0. The SMILES string of the molecule is CCNC(=NCC(C)(C)C(N)=O)NCCCOC1CCOC1. The molecule has 0 aromatic carbocycles. The van der Waals surface area contributed by atoms with Crippen LogP contribution >= 0.6 is 0 Å². The summed E-state index contributed by atoms with van der Waals surface area (Å²) in [5.41, 5.74) is 4.71. The van der Waals surface area contributed by atoms with E-state index in [1.807, 2.05) is 6.92 Å². The van der Waals surface area contributed by atoms with Gasteiger partial charge < -0.3 is 25.8 Å². The highest BCUT2D eigenvalue weighted by Crippen LogP contribution is 2.13. The molecule has 0 radical (unpaired) electrons. The largest absolute Gasteiger partial charge is 0.379 e. The zero-order chi connectivity index (χ0) is 16.4. The number of hydrogen-bond donors (Lipinski definition) is 3. The van der Waals surface area contributed by atoms with Crippen LogP contribution in [0, 0.1) is 5.41 Å². The average Bonchev–Trinajstić information content (AvgIpc) is 2.97. The Morgan fingerprint density at radius 3 is 2.82 bits per heavy atom. The van der Waals surface area contributed by atoms with E-state index in [0.717, 1.165) is 32.5 Å². The smallest absolute Gasteiger partial charge is 0.224 e. The Labute approximate surface area is 133 Å². The summed E-state index contributed by atoms with van der Waals surface area (Å²) in [5.74, 6) is 0.348. The van der Waals surface area contributed by atoms with E-state index in [9.17, 15) is 4.79 Å². The summed E-state index contributed by atoms with van der Waals surface area (Å²) in [4.78, 5) is 15.7. The van der Waals surface area contributed by atoms with Crippen LogP contribution in [0.1, 0.15) is 33.6 Å². The zero-order valence-corrected chi connectivity index (χ0v) is 14.0. The van der Waals surface area contributed by atoms with Gasteiger partial charge >= 0.3 is 0 Å². The maximum absolute atomic E-state index is 11.3. The number of hydrogen-bond acceptors (Lipinski definition) is 4. The molecule has 7 nitrogen and oxygen atoms in total. The normalized spacial score (nSPS) is 19.2. The number of primary amides is 1. The fourth-order valence-electron chi connectivity index (χ4n) is 1.87. The topological polar surface area (TPSA) is 98.0 Å². The van der Waals surface area contributed by atoms with E-state index in [1.54, 1.807) is 13.8 Å². The Morgan fingerprint density at radius 1 is 1.45 bits per heavy atom. The number of nitrogens with two attached hydrogens (primary N) is 1. The summed E-state index contributed by atoms with van der Waals surface area (Å²) < 4.78 is 11.0. The third-order valence-electron chi connectivity index (χ3n) is 3.50. The second-order valence-corrected chi connectivity index (χ2v) is 6.08. The fraction of sp³-hybridized carbons (Fsp3) is 0.867. The van der Waals surface area contributed by atoms with Crippen molar-refractivity contribution in [1.82, 2.24) is 10.6 Å². The maximum atomic E-state index is 11.3. The molecular formula is C15H30N4O3. The van der Waals surface area contributed by atoms with Gasteiger partial charge in [0.05, 0.1) is 24.7 Å². The molecule has 1 unspecified atom stereocenters. The van der Waals surface area contributed by atoms with Crippen molar-refractivity contribution in [2.75, 3.05) is 39.5 Å². The minimum atomic E-state index is -0.645. The number of rotatable bonds is 9. The number of aliphatic imine (C=N–C) groups is 1. The highest BCUT2D eigenvalue weighted by Gasteiger charge is 2.24. The van der Waals surface area contributed by atoms with Gasteiger partial charge in [0.2, 0.25) is 5.91 Å². The van der Waals surface area contributed by atoms with Crippen LogP contribution in [0.4, 0.5) is 0 Å². The van der Waals surface area contributed by atoms with Crippen LogP contribution < -0.4 is 16.4 Å². The lowest BCUT2D eigenvalue weighted by atomic mass is 9.93. The van der Waals surface area contributed by atoms with Crippen LogP contribution in [0.3, 0.4) is 0 Å². The molecule has 1 atom stereocenters. The first-order chi connectivity index (χ1) is 10.5. The summed E-state index contributed by atoms with van der Waals surface area (Å²) in [6.45, 7) is 9.67. The van der Waals surface area contributed by atoms with Crippen molar-refractivity contribution in [1.29, 1.82) is 0 Å². The number of ether oxygens (including phenoxy) is 2. The van der Waals surface area contributed by atoms with E-state index in [2.05, 4.69) is 15.6 Å². The lowest BCUT2D eigenvalue weighted by molar-refractivity contribution is -0.125. The van der Waals surface area contributed by atoms with Gasteiger partial charge in [-0.05, 0) is 33.6 Å². The van der Waals surface area contributed by atoms with Crippen LogP contribution in [-0.4, -0.2) is 57.4 Å². The molecule has 7 heteroatoms. The van der Waals surface area contributed by atoms with E-state index in [-0.39, 0.29) is 12.0 Å². The summed E-state index contributed by atoms with van der Waals surface area (Å²) in [5, 5.41) is 6.39. The molecule has 0 spiro atoms. The van der Waals surface area contributed by atoms with Crippen molar-refractivity contribution < 1.29 is 14.3 Å². The molecule has 1 aliphatic heterocycles. The molecule has 1 aliphatic rings. The Bertz CT molecular complexity index is 366. The molecule has 128 valence electrons. The predicted molar refractivity (Wildman–Crippen MR) is 86.7 cm³/mol. The quantitative estimate of drug-likeness (QED) is 0.322. The van der Waals surface area contributed by atoms with Crippen molar-refractivity contribution in [3.63, 3.8) is 0 Å². The van der Waals surface area contributed by atoms with Gasteiger partial charge in [0.15, 0.2) is 5.96 Å². The second kappa shape index (κ2) is 9.63. The fourth-order valence-corrected chi connectivity index (χ4v) is 1.87. The second-order valence-electron chi connectivity index (χ2n) is 6.08. The van der Waals surface area contributed by atoms with Gasteiger partial charge in [-0.3, -0.25) is 9.79 Å². The molecule has 0 aliphatic carbocycles. The number of nitrogens with zero attached hydrogens (tertiary/aromatic N) is 1. The lowest BCUT2D eigenvalue weighted by Gasteiger charge is -2.19. The summed E-state index contributed by atoms with van der Waals surface area (Å²) in [6.07, 6.45) is 2.12. The third kappa shape index (κ3) is 7.09. The Hall–Kier alpha value is -1.34. The third-order valence-corrected chi connectivity index (χ3v) is 3.50. The average molecular weight is 314 g/mol. The number of carbonyl (C=O) groups is 1. The van der Waals surface area contributed by atoms with E-state index in [0.29, 0.717) is 25.7 Å².